The van der Waals surface area contributed by atoms with Crippen LogP contribution in [0, 0.1) is 0 Å². The largest absolute Gasteiger partial charge is 0.341 e. The van der Waals surface area contributed by atoms with Gasteiger partial charge in [0.05, 0.1) is 6.04 Å². The van der Waals surface area contributed by atoms with Crippen molar-refractivity contribution in [3.63, 3.8) is 0 Å². The Kier molecular flexibility index (Phi) is 6.44. The zero-order chi connectivity index (χ0) is 13.4. The monoisotopic (exact) mass is 248 g/mol. The highest BCUT2D eigenvalue weighted by molar-refractivity contribution is 5.81. The summed E-state index contributed by atoms with van der Waals surface area (Å²) >= 11 is 0. The van der Waals surface area contributed by atoms with Gasteiger partial charge in [0.2, 0.25) is 5.91 Å². The van der Waals surface area contributed by atoms with Crippen LogP contribution in [0.2, 0.25) is 0 Å². The summed E-state index contributed by atoms with van der Waals surface area (Å²) in [6.45, 7) is 5.43. The summed E-state index contributed by atoms with van der Waals surface area (Å²) < 4.78 is 0. The summed E-state index contributed by atoms with van der Waals surface area (Å²) in [6, 6.07) is 9.97. The molecule has 18 heavy (non-hydrogen) atoms. The van der Waals surface area contributed by atoms with Crippen LogP contribution in [-0.2, 0) is 11.2 Å². The molecule has 0 aliphatic carbocycles. The number of benzene rings is 1. The van der Waals surface area contributed by atoms with E-state index in [9.17, 15) is 4.79 Å². The van der Waals surface area contributed by atoms with Crippen LogP contribution in [0.15, 0.2) is 30.3 Å². The molecule has 0 bridgehead atoms. The molecule has 0 fully saturated rings. The predicted molar refractivity (Wildman–Crippen MR) is 75.3 cm³/mol. The molecule has 0 aromatic heterocycles. The van der Waals surface area contributed by atoms with Gasteiger partial charge in [-0.2, -0.15) is 0 Å². The average molecular weight is 248 g/mol. The maximum Gasteiger partial charge on any atom is 0.239 e. The van der Waals surface area contributed by atoms with E-state index in [0.717, 1.165) is 32.4 Å². The van der Waals surface area contributed by atoms with Crippen LogP contribution in [0.4, 0.5) is 0 Å². The second-order valence-electron chi connectivity index (χ2n) is 4.70. The van der Waals surface area contributed by atoms with Crippen LogP contribution < -0.4 is 5.73 Å². The van der Waals surface area contributed by atoms with Crippen molar-refractivity contribution in [2.24, 2.45) is 5.73 Å². The van der Waals surface area contributed by atoms with Crippen LogP contribution in [-0.4, -0.2) is 29.9 Å². The fourth-order valence-electron chi connectivity index (χ4n) is 2.01. The van der Waals surface area contributed by atoms with Crippen LogP contribution in [0.25, 0.3) is 0 Å². The molecule has 1 amide bonds. The topological polar surface area (TPSA) is 46.3 Å². The molecule has 3 nitrogen and oxygen atoms in total. The second-order valence-corrected chi connectivity index (χ2v) is 4.70. The Morgan fingerprint density at radius 1 is 1.28 bits per heavy atom. The minimum atomic E-state index is -0.395. The van der Waals surface area contributed by atoms with Crippen LogP contribution >= 0.6 is 0 Å². The van der Waals surface area contributed by atoms with Gasteiger partial charge in [-0.05, 0) is 31.7 Å². The molecule has 1 aromatic carbocycles. The lowest BCUT2D eigenvalue weighted by Gasteiger charge is -2.24. The normalized spacial score (nSPS) is 12.2. The molecule has 0 aliphatic heterocycles. The Labute approximate surface area is 110 Å². The highest BCUT2D eigenvalue weighted by Crippen LogP contribution is 2.05. The van der Waals surface area contributed by atoms with E-state index in [-0.39, 0.29) is 5.91 Å². The Morgan fingerprint density at radius 2 is 1.94 bits per heavy atom. The van der Waals surface area contributed by atoms with Gasteiger partial charge in [0.25, 0.3) is 0 Å². The van der Waals surface area contributed by atoms with Crippen LogP contribution in [0.5, 0.6) is 0 Å². The van der Waals surface area contributed by atoms with Crippen molar-refractivity contribution in [3.05, 3.63) is 35.9 Å². The SMILES string of the molecule is CCCN(CCCc1ccccc1)C(=O)C(C)N. The molecule has 3 heteroatoms. The summed E-state index contributed by atoms with van der Waals surface area (Å²) in [7, 11) is 0. The number of aryl methyl sites for hydroxylation is 1. The van der Waals surface area contributed by atoms with Crippen molar-refractivity contribution < 1.29 is 4.79 Å². The van der Waals surface area contributed by atoms with E-state index >= 15 is 0 Å². The Morgan fingerprint density at radius 3 is 2.50 bits per heavy atom. The van der Waals surface area contributed by atoms with Gasteiger partial charge in [-0.1, -0.05) is 37.3 Å². The van der Waals surface area contributed by atoms with Crippen LogP contribution in [0.3, 0.4) is 0 Å². The standard InChI is InChI=1S/C15H24N2O/c1-3-11-17(15(18)13(2)16)12-7-10-14-8-5-4-6-9-14/h4-6,8-9,13H,3,7,10-12,16H2,1-2H3. The lowest BCUT2D eigenvalue weighted by molar-refractivity contribution is -0.132. The van der Waals surface area contributed by atoms with Crippen molar-refractivity contribution >= 4 is 5.91 Å². The highest BCUT2D eigenvalue weighted by atomic mass is 16.2. The van der Waals surface area contributed by atoms with E-state index in [4.69, 9.17) is 5.73 Å². The van der Waals surface area contributed by atoms with Crippen molar-refractivity contribution in [2.75, 3.05) is 13.1 Å². The van der Waals surface area contributed by atoms with E-state index in [2.05, 4.69) is 19.1 Å². The van der Waals surface area contributed by atoms with Gasteiger partial charge in [-0.3, -0.25) is 4.79 Å². The second kappa shape index (κ2) is 7.88. The summed E-state index contributed by atoms with van der Waals surface area (Å²) in [5.41, 5.74) is 6.98. The van der Waals surface area contributed by atoms with E-state index in [0.29, 0.717) is 0 Å². The molecule has 0 radical (unpaired) electrons. The first-order chi connectivity index (χ1) is 8.65. The van der Waals surface area contributed by atoms with Gasteiger partial charge in [0.1, 0.15) is 0 Å². The minimum Gasteiger partial charge on any atom is -0.341 e. The van der Waals surface area contributed by atoms with Gasteiger partial charge in [0, 0.05) is 13.1 Å². The summed E-state index contributed by atoms with van der Waals surface area (Å²) in [6.07, 6.45) is 2.97. The number of hydrogen-bond donors (Lipinski definition) is 1. The summed E-state index contributed by atoms with van der Waals surface area (Å²) in [5.74, 6) is 0.0601. The quantitative estimate of drug-likeness (QED) is 0.804. The molecule has 1 aromatic rings. The lowest BCUT2D eigenvalue weighted by Crippen LogP contribution is -2.43. The third kappa shape index (κ3) is 4.88. The fraction of sp³-hybridized carbons (Fsp3) is 0.533. The first-order valence-corrected chi connectivity index (χ1v) is 6.73. The number of rotatable bonds is 7. The van der Waals surface area contributed by atoms with E-state index in [1.165, 1.54) is 5.56 Å². The maximum atomic E-state index is 11.9. The summed E-state index contributed by atoms with van der Waals surface area (Å²) in [5, 5.41) is 0. The van der Waals surface area contributed by atoms with Gasteiger partial charge in [-0.25, -0.2) is 0 Å². The van der Waals surface area contributed by atoms with E-state index in [1.807, 2.05) is 23.1 Å². The molecule has 1 atom stereocenters. The third-order valence-corrected chi connectivity index (χ3v) is 2.93. The van der Waals surface area contributed by atoms with Gasteiger partial charge >= 0.3 is 0 Å². The van der Waals surface area contributed by atoms with Crippen molar-refractivity contribution in [1.29, 1.82) is 0 Å². The van der Waals surface area contributed by atoms with Crippen molar-refractivity contribution in [3.8, 4) is 0 Å². The number of nitrogens with two attached hydrogens (primary N) is 1. The molecule has 0 aliphatic rings. The van der Waals surface area contributed by atoms with Gasteiger partial charge in [0.15, 0.2) is 0 Å². The highest BCUT2D eigenvalue weighted by Gasteiger charge is 2.15. The number of amides is 1. The Bertz CT molecular complexity index is 349. The molecule has 0 saturated heterocycles. The molecule has 0 saturated carbocycles. The number of carbonyl (C=O) groups is 1. The van der Waals surface area contributed by atoms with Crippen molar-refractivity contribution in [2.45, 2.75) is 39.2 Å². The zero-order valence-corrected chi connectivity index (χ0v) is 11.4. The van der Waals surface area contributed by atoms with E-state index < -0.39 is 6.04 Å². The van der Waals surface area contributed by atoms with E-state index in [1.54, 1.807) is 6.92 Å². The maximum absolute atomic E-state index is 11.9. The van der Waals surface area contributed by atoms with Crippen molar-refractivity contribution in [1.82, 2.24) is 4.90 Å². The molecular weight excluding hydrogens is 224 g/mol. The molecule has 0 heterocycles. The predicted octanol–water partition coefficient (Wildman–Crippen LogP) is 2.21. The first-order valence-electron chi connectivity index (χ1n) is 6.73. The molecule has 1 rings (SSSR count). The third-order valence-electron chi connectivity index (χ3n) is 2.93. The Hall–Kier alpha value is -1.35. The molecule has 2 N–H and O–H groups in total. The number of nitrogens with zero attached hydrogens (tertiary/aromatic N) is 1. The van der Waals surface area contributed by atoms with Gasteiger partial charge in [-0.15, -0.1) is 0 Å². The number of carbonyl (C=O) groups excluding carboxylic acids is 1. The number of hydrogen-bond acceptors (Lipinski definition) is 2. The molecule has 1 unspecified atom stereocenters. The van der Waals surface area contributed by atoms with Gasteiger partial charge < -0.3 is 10.6 Å². The fourth-order valence-corrected chi connectivity index (χ4v) is 2.01. The molecular formula is C15H24N2O. The zero-order valence-electron chi connectivity index (χ0n) is 11.4. The lowest BCUT2D eigenvalue weighted by atomic mass is 10.1. The smallest absolute Gasteiger partial charge is 0.239 e. The summed E-state index contributed by atoms with van der Waals surface area (Å²) in [4.78, 5) is 13.8. The first kappa shape index (κ1) is 14.7. The Balaban J connectivity index is 2.40. The minimum absolute atomic E-state index is 0.0601. The average Bonchev–Trinajstić information content (AvgIpc) is 2.38. The molecule has 100 valence electrons. The van der Waals surface area contributed by atoms with Crippen LogP contribution in [0.1, 0.15) is 32.3 Å². The molecule has 0 spiro atoms.